The summed E-state index contributed by atoms with van der Waals surface area (Å²) in [5.74, 6) is 0.192. The molecule has 1 aromatic heterocycles. The SMILES string of the molecule is Cc1nc([C@@H]2[C@H](C(=O)O)C2(C)C)n[nH]1. The Balaban J connectivity index is 2.27. The standard InChI is InChI=1S/C9H13N3O2/c1-4-10-7(12-11-4)5-6(8(13)14)9(5,2)3/h5-6H,1-3H3,(H,13,14)(H,10,11,12)/t5-,6+/m0/s1. The highest BCUT2D eigenvalue weighted by molar-refractivity contribution is 5.77. The van der Waals surface area contributed by atoms with Crippen molar-refractivity contribution in [3.05, 3.63) is 11.6 Å². The van der Waals surface area contributed by atoms with E-state index in [-0.39, 0.29) is 17.3 Å². The number of H-pyrrole nitrogens is 1. The van der Waals surface area contributed by atoms with Crippen LogP contribution in [0.2, 0.25) is 0 Å². The molecule has 0 aliphatic heterocycles. The Morgan fingerprint density at radius 3 is 2.57 bits per heavy atom. The first-order valence-corrected chi connectivity index (χ1v) is 4.56. The average Bonchev–Trinajstić information content (AvgIpc) is 2.42. The van der Waals surface area contributed by atoms with E-state index in [0.29, 0.717) is 5.82 Å². The van der Waals surface area contributed by atoms with Crippen LogP contribution in [-0.4, -0.2) is 26.3 Å². The molecule has 5 nitrogen and oxygen atoms in total. The number of nitrogens with one attached hydrogen (secondary N) is 1. The Bertz CT molecular complexity index is 383. The molecule has 2 N–H and O–H groups in total. The van der Waals surface area contributed by atoms with Crippen LogP contribution in [0, 0.1) is 18.3 Å². The summed E-state index contributed by atoms with van der Waals surface area (Å²) in [6.45, 7) is 5.67. The van der Waals surface area contributed by atoms with Crippen LogP contribution in [0.25, 0.3) is 0 Å². The molecule has 76 valence electrons. The summed E-state index contributed by atoms with van der Waals surface area (Å²) in [4.78, 5) is 15.1. The minimum Gasteiger partial charge on any atom is -0.481 e. The first-order chi connectivity index (χ1) is 6.44. The number of aryl methyl sites for hydroxylation is 1. The van der Waals surface area contributed by atoms with E-state index in [1.807, 2.05) is 20.8 Å². The zero-order chi connectivity index (χ0) is 10.5. The highest BCUT2D eigenvalue weighted by atomic mass is 16.4. The molecule has 0 aromatic carbocycles. The Labute approximate surface area is 81.6 Å². The van der Waals surface area contributed by atoms with E-state index in [1.54, 1.807) is 0 Å². The predicted molar refractivity (Wildman–Crippen MR) is 48.8 cm³/mol. The third-order valence-electron chi connectivity index (χ3n) is 2.99. The van der Waals surface area contributed by atoms with Crippen molar-refractivity contribution in [2.45, 2.75) is 26.7 Å². The second kappa shape index (κ2) is 2.56. The van der Waals surface area contributed by atoms with Crippen LogP contribution < -0.4 is 0 Å². The number of hydrogen-bond donors (Lipinski definition) is 2. The van der Waals surface area contributed by atoms with E-state index in [0.717, 1.165) is 5.82 Å². The molecule has 5 heteroatoms. The molecule has 1 aromatic rings. The number of rotatable bonds is 2. The Morgan fingerprint density at radius 1 is 1.57 bits per heavy atom. The van der Waals surface area contributed by atoms with E-state index in [9.17, 15) is 4.79 Å². The van der Waals surface area contributed by atoms with Gasteiger partial charge in [0.15, 0.2) is 5.82 Å². The van der Waals surface area contributed by atoms with E-state index < -0.39 is 5.97 Å². The lowest BCUT2D eigenvalue weighted by atomic mass is 10.1. The topological polar surface area (TPSA) is 78.9 Å². The maximum Gasteiger partial charge on any atom is 0.307 e. The van der Waals surface area contributed by atoms with Crippen LogP contribution in [0.4, 0.5) is 0 Å². The van der Waals surface area contributed by atoms with E-state index in [4.69, 9.17) is 5.11 Å². The summed E-state index contributed by atoms with van der Waals surface area (Å²) in [5, 5.41) is 15.7. The van der Waals surface area contributed by atoms with Gasteiger partial charge in [0.25, 0.3) is 0 Å². The highest BCUT2D eigenvalue weighted by Gasteiger charge is 2.64. The van der Waals surface area contributed by atoms with Crippen molar-refractivity contribution < 1.29 is 9.90 Å². The third-order valence-corrected chi connectivity index (χ3v) is 2.99. The molecule has 1 aliphatic carbocycles. The monoisotopic (exact) mass is 195 g/mol. The number of aromatic amines is 1. The molecule has 0 saturated heterocycles. The molecule has 0 unspecified atom stereocenters. The van der Waals surface area contributed by atoms with Crippen molar-refractivity contribution in [3.63, 3.8) is 0 Å². The first-order valence-electron chi connectivity index (χ1n) is 4.56. The fourth-order valence-corrected chi connectivity index (χ4v) is 2.08. The molecular weight excluding hydrogens is 182 g/mol. The molecule has 1 aliphatic rings. The van der Waals surface area contributed by atoms with Gasteiger partial charge in [-0.25, -0.2) is 4.98 Å². The molecule has 2 rings (SSSR count). The van der Waals surface area contributed by atoms with Crippen LogP contribution in [-0.2, 0) is 4.79 Å². The van der Waals surface area contributed by atoms with Gasteiger partial charge in [-0.05, 0) is 12.3 Å². The summed E-state index contributed by atoms with van der Waals surface area (Å²) in [6, 6.07) is 0. The van der Waals surface area contributed by atoms with E-state index in [1.165, 1.54) is 0 Å². The van der Waals surface area contributed by atoms with Crippen LogP contribution in [0.1, 0.15) is 31.4 Å². The zero-order valence-electron chi connectivity index (χ0n) is 8.40. The summed E-state index contributed by atoms with van der Waals surface area (Å²) in [5.41, 5.74) is -0.222. The largest absolute Gasteiger partial charge is 0.481 e. The molecule has 1 fully saturated rings. The Morgan fingerprint density at radius 2 is 2.21 bits per heavy atom. The number of carbonyl (C=O) groups is 1. The van der Waals surface area contributed by atoms with Crippen molar-refractivity contribution in [1.82, 2.24) is 15.2 Å². The molecule has 2 atom stereocenters. The summed E-state index contributed by atoms with van der Waals surface area (Å²) in [7, 11) is 0. The van der Waals surface area contributed by atoms with Crippen LogP contribution in [0.3, 0.4) is 0 Å². The summed E-state index contributed by atoms with van der Waals surface area (Å²) in [6.07, 6.45) is 0. The first kappa shape index (κ1) is 9.18. The van der Waals surface area contributed by atoms with Crippen molar-refractivity contribution in [2.24, 2.45) is 11.3 Å². The van der Waals surface area contributed by atoms with Gasteiger partial charge < -0.3 is 5.11 Å². The van der Waals surface area contributed by atoms with Crippen molar-refractivity contribution >= 4 is 5.97 Å². The van der Waals surface area contributed by atoms with Crippen LogP contribution in [0.15, 0.2) is 0 Å². The van der Waals surface area contributed by atoms with Crippen molar-refractivity contribution in [3.8, 4) is 0 Å². The summed E-state index contributed by atoms with van der Waals surface area (Å²) >= 11 is 0. The fourth-order valence-electron chi connectivity index (χ4n) is 2.08. The van der Waals surface area contributed by atoms with Gasteiger partial charge in [0.2, 0.25) is 0 Å². The number of nitrogens with zero attached hydrogens (tertiary/aromatic N) is 2. The molecule has 0 radical (unpaired) electrons. The molecule has 1 heterocycles. The number of carboxylic acid groups (broad SMARTS) is 1. The molecule has 1 saturated carbocycles. The summed E-state index contributed by atoms with van der Waals surface area (Å²) < 4.78 is 0. The lowest BCUT2D eigenvalue weighted by molar-refractivity contribution is -0.139. The third kappa shape index (κ3) is 1.12. The van der Waals surface area contributed by atoms with Gasteiger partial charge in [0.05, 0.1) is 5.92 Å². The lowest BCUT2D eigenvalue weighted by Crippen LogP contribution is -2.03. The average molecular weight is 195 g/mol. The smallest absolute Gasteiger partial charge is 0.307 e. The predicted octanol–water partition coefficient (Wildman–Crippen LogP) is 0.937. The fraction of sp³-hybridized carbons (Fsp3) is 0.667. The maximum absolute atomic E-state index is 10.9. The van der Waals surface area contributed by atoms with Gasteiger partial charge >= 0.3 is 5.97 Å². The van der Waals surface area contributed by atoms with Gasteiger partial charge in [-0.3, -0.25) is 9.89 Å². The normalized spacial score (nSPS) is 28.8. The Kier molecular flexibility index (Phi) is 1.68. The zero-order valence-corrected chi connectivity index (χ0v) is 8.40. The minimum atomic E-state index is -0.762. The van der Waals surface area contributed by atoms with Gasteiger partial charge in [0, 0.05) is 5.92 Å². The molecule has 0 bridgehead atoms. The molecule has 14 heavy (non-hydrogen) atoms. The lowest BCUT2D eigenvalue weighted by Gasteiger charge is -1.96. The van der Waals surface area contributed by atoms with Crippen molar-refractivity contribution in [1.29, 1.82) is 0 Å². The van der Waals surface area contributed by atoms with Crippen molar-refractivity contribution in [2.75, 3.05) is 0 Å². The number of aliphatic carboxylic acids is 1. The quantitative estimate of drug-likeness (QED) is 0.736. The highest BCUT2D eigenvalue weighted by Crippen LogP contribution is 2.63. The number of carboxylic acids is 1. The Hall–Kier alpha value is -1.39. The van der Waals surface area contributed by atoms with E-state index in [2.05, 4.69) is 15.2 Å². The van der Waals surface area contributed by atoms with Gasteiger partial charge in [-0.2, -0.15) is 5.10 Å². The molecule has 0 spiro atoms. The van der Waals surface area contributed by atoms with Gasteiger partial charge in [0.1, 0.15) is 5.82 Å². The molecule has 0 amide bonds. The second-order valence-corrected chi connectivity index (χ2v) is 4.39. The van der Waals surface area contributed by atoms with Gasteiger partial charge in [-0.15, -0.1) is 0 Å². The van der Waals surface area contributed by atoms with Crippen LogP contribution >= 0.6 is 0 Å². The van der Waals surface area contributed by atoms with Gasteiger partial charge in [-0.1, -0.05) is 13.8 Å². The van der Waals surface area contributed by atoms with Crippen LogP contribution in [0.5, 0.6) is 0 Å². The second-order valence-electron chi connectivity index (χ2n) is 4.39. The van der Waals surface area contributed by atoms with E-state index >= 15 is 0 Å². The number of aromatic nitrogens is 3. The number of hydrogen-bond acceptors (Lipinski definition) is 3. The minimum absolute atomic E-state index is 0.0510. The maximum atomic E-state index is 10.9. The molecular formula is C9H13N3O2.